The number of carbonyl (C=O) groups excluding carboxylic acids is 2. The lowest BCUT2D eigenvalue weighted by atomic mass is 9.77. The number of amides is 2. The molecule has 5 nitrogen and oxygen atoms in total. The van der Waals surface area contributed by atoms with Crippen molar-refractivity contribution < 1.29 is 14.7 Å². The predicted molar refractivity (Wildman–Crippen MR) is 73.1 cm³/mol. The number of rotatable bonds is 5. The lowest BCUT2D eigenvalue weighted by Gasteiger charge is -2.41. The molecule has 1 unspecified atom stereocenters. The topological polar surface area (TPSA) is 78.4 Å². The molecule has 104 valence electrons. The first-order chi connectivity index (χ1) is 9.06. The van der Waals surface area contributed by atoms with Crippen molar-refractivity contribution in [1.29, 1.82) is 0 Å². The molecule has 0 bridgehead atoms. The first-order valence-electron chi connectivity index (χ1n) is 6.34. The Morgan fingerprint density at radius 3 is 2.74 bits per heavy atom. The van der Waals surface area contributed by atoms with Crippen LogP contribution in [-0.4, -0.2) is 35.1 Å². The summed E-state index contributed by atoms with van der Waals surface area (Å²) in [6, 6.07) is 2.89. The zero-order valence-corrected chi connectivity index (χ0v) is 11.6. The molecule has 1 heterocycles. The van der Waals surface area contributed by atoms with Gasteiger partial charge in [-0.1, -0.05) is 6.07 Å². The van der Waals surface area contributed by atoms with Crippen LogP contribution in [-0.2, 0) is 4.79 Å². The van der Waals surface area contributed by atoms with E-state index in [9.17, 15) is 14.7 Å². The molecule has 19 heavy (non-hydrogen) atoms. The molecule has 3 N–H and O–H groups in total. The highest BCUT2D eigenvalue weighted by atomic mass is 32.1. The highest BCUT2D eigenvalue weighted by molar-refractivity contribution is 7.12. The van der Waals surface area contributed by atoms with Gasteiger partial charge in [0.15, 0.2) is 0 Å². The summed E-state index contributed by atoms with van der Waals surface area (Å²) in [7, 11) is 0. The molecule has 2 rings (SSSR count). The van der Waals surface area contributed by atoms with E-state index in [0.29, 0.717) is 4.88 Å². The average Bonchev–Trinajstić information content (AvgIpc) is 2.87. The van der Waals surface area contributed by atoms with Crippen LogP contribution < -0.4 is 10.6 Å². The van der Waals surface area contributed by atoms with E-state index in [2.05, 4.69) is 10.6 Å². The van der Waals surface area contributed by atoms with Crippen molar-refractivity contribution >= 4 is 23.2 Å². The van der Waals surface area contributed by atoms with Crippen LogP contribution in [0, 0.1) is 0 Å². The first kappa shape index (κ1) is 14.0. The molecule has 0 spiro atoms. The van der Waals surface area contributed by atoms with Crippen molar-refractivity contribution in [1.82, 2.24) is 10.6 Å². The molecule has 0 radical (unpaired) electrons. The van der Waals surface area contributed by atoms with E-state index >= 15 is 0 Å². The fraction of sp³-hybridized carbons (Fsp3) is 0.538. The fourth-order valence-corrected chi connectivity index (χ4v) is 2.66. The molecular weight excluding hydrogens is 264 g/mol. The van der Waals surface area contributed by atoms with Crippen LogP contribution in [0.5, 0.6) is 0 Å². The minimum absolute atomic E-state index is 0.0513. The maximum Gasteiger partial charge on any atom is 0.261 e. The first-order valence-corrected chi connectivity index (χ1v) is 7.21. The van der Waals surface area contributed by atoms with Crippen molar-refractivity contribution in [3.05, 3.63) is 22.4 Å². The summed E-state index contributed by atoms with van der Waals surface area (Å²) >= 11 is 1.33. The lowest BCUT2D eigenvalue weighted by molar-refractivity contribution is -0.126. The predicted octanol–water partition coefficient (Wildman–Crippen LogP) is 0.898. The molecule has 1 fully saturated rings. The maximum atomic E-state index is 12.0. The Kier molecular flexibility index (Phi) is 4.21. The van der Waals surface area contributed by atoms with Crippen LogP contribution in [0.1, 0.15) is 35.9 Å². The molecule has 2 amide bonds. The molecule has 1 aromatic heterocycles. The van der Waals surface area contributed by atoms with Gasteiger partial charge in [0.2, 0.25) is 5.91 Å². The molecule has 1 aliphatic carbocycles. The molecule has 0 aromatic carbocycles. The van der Waals surface area contributed by atoms with Gasteiger partial charge in [-0.3, -0.25) is 9.59 Å². The maximum absolute atomic E-state index is 12.0. The number of thiophene rings is 1. The van der Waals surface area contributed by atoms with E-state index in [1.54, 1.807) is 19.1 Å². The Bertz CT molecular complexity index is 449. The van der Waals surface area contributed by atoms with E-state index in [1.807, 2.05) is 5.38 Å². The zero-order valence-electron chi connectivity index (χ0n) is 10.8. The Morgan fingerprint density at radius 2 is 2.26 bits per heavy atom. The second kappa shape index (κ2) is 5.71. The van der Waals surface area contributed by atoms with Gasteiger partial charge < -0.3 is 15.7 Å². The summed E-state index contributed by atoms with van der Waals surface area (Å²) in [4.78, 5) is 24.4. The zero-order chi connectivity index (χ0) is 13.9. The largest absolute Gasteiger partial charge is 0.394 e. The van der Waals surface area contributed by atoms with E-state index in [0.717, 1.165) is 19.3 Å². The average molecular weight is 282 g/mol. The number of hydrogen-bond acceptors (Lipinski definition) is 4. The summed E-state index contributed by atoms with van der Waals surface area (Å²) in [6.07, 6.45) is 2.60. The number of aliphatic hydroxyl groups excluding tert-OH is 1. The van der Waals surface area contributed by atoms with Crippen LogP contribution in [0.2, 0.25) is 0 Å². The molecule has 1 aliphatic rings. The third-order valence-electron chi connectivity index (χ3n) is 3.49. The summed E-state index contributed by atoms with van der Waals surface area (Å²) in [5, 5.41) is 16.6. The summed E-state index contributed by atoms with van der Waals surface area (Å²) in [5.74, 6) is -0.497. The van der Waals surface area contributed by atoms with Crippen LogP contribution in [0.4, 0.5) is 0 Å². The number of carbonyl (C=O) groups is 2. The van der Waals surface area contributed by atoms with E-state index in [1.165, 1.54) is 11.3 Å². The third kappa shape index (κ3) is 3.13. The van der Waals surface area contributed by atoms with Crippen molar-refractivity contribution in [3.8, 4) is 0 Å². The van der Waals surface area contributed by atoms with Gasteiger partial charge in [-0.2, -0.15) is 0 Å². The highest BCUT2D eigenvalue weighted by Gasteiger charge is 2.38. The quantitative estimate of drug-likeness (QED) is 0.750. The van der Waals surface area contributed by atoms with Crippen LogP contribution >= 0.6 is 11.3 Å². The van der Waals surface area contributed by atoms with E-state index < -0.39 is 11.6 Å². The molecular formula is C13H18N2O3S. The minimum Gasteiger partial charge on any atom is -0.394 e. The van der Waals surface area contributed by atoms with Gasteiger partial charge in [0, 0.05) is 0 Å². The number of aliphatic hydroxyl groups is 1. The van der Waals surface area contributed by atoms with E-state index in [-0.39, 0.29) is 18.4 Å². The van der Waals surface area contributed by atoms with Gasteiger partial charge in [-0.05, 0) is 37.6 Å². The second-order valence-corrected chi connectivity index (χ2v) is 5.90. The van der Waals surface area contributed by atoms with Crippen molar-refractivity contribution in [2.75, 3.05) is 6.61 Å². The van der Waals surface area contributed by atoms with Gasteiger partial charge >= 0.3 is 0 Å². The van der Waals surface area contributed by atoms with Gasteiger partial charge in [-0.25, -0.2) is 0 Å². The van der Waals surface area contributed by atoms with Crippen LogP contribution in [0.3, 0.4) is 0 Å². The van der Waals surface area contributed by atoms with Gasteiger partial charge in [0.1, 0.15) is 6.04 Å². The number of hydrogen-bond donors (Lipinski definition) is 3. The molecule has 0 saturated heterocycles. The van der Waals surface area contributed by atoms with Crippen molar-refractivity contribution in [2.45, 2.75) is 37.8 Å². The number of nitrogens with one attached hydrogen (secondary N) is 2. The summed E-state index contributed by atoms with van der Waals surface area (Å²) in [6.45, 7) is 1.59. The van der Waals surface area contributed by atoms with Gasteiger partial charge in [0.25, 0.3) is 5.91 Å². The third-order valence-corrected chi connectivity index (χ3v) is 4.36. The Morgan fingerprint density at radius 1 is 1.53 bits per heavy atom. The molecule has 6 heteroatoms. The fourth-order valence-electron chi connectivity index (χ4n) is 2.04. The lowest BCUT2D eigenvalue weighted by Crippen LogP contribution is -2.60. The SMILES string of the molecule is CC(NC(=O)c1cccs1)C(=O)NC1(CO)CCC1. The molecule has 1 saturated carbocycles. The van der Waals surface area contributed by atoms with Gasteiger partial charge in [-0.15, -0.1) is 11.3 Å². The minimum atomic E-state index is -0.612. The van der Waals surface area contributed by atoms with Gasteiger partial charge in [0.05, 0.1) is 17.0 Å². The summed E-state index contributed by atoms with van der Waals surface area (Å²) in [5.41, 5.74) is -0.473. The Hall–Kier alpha value is -1.40. The van der Waals surface area contributed by atoms with Crippen LogP contribution in [0.15, 0.2) is 17.5 Å². The van der Waals surface area contributed by atoms with Crippen LogP contribution in [0.25, 0.3) is 0 Å². The second-order valence-electron chi connectivity index (χ2n) is 4.95. The van der Waals surface area contributed by atoms with Crippen molar-refractivity contribution in [2.24, 2.45) is 0 Å². The Labute approximate surface area is 116 Å². The highest BCUT2D eigenvalue weighted by Crippen LogP contribution is 2.31. The van der Waals surface area contributed by atoms with Crippen molar-refractivity contribution in [3.63, 3.8) is 0 Å². The molecule has 0 aliphatic heterocycles. The standard InChI is InChI=1S/C13H18N2O3S/c1-9(14-12(18)10-4-2-7-19-10)11(17)15-13(8-16)5-3-6-13/h2,4,7,9,16H,3,5-6,8H2,1H3,(H,14,18)(H,15,17). The smallest absolute Gasteiger partial charge is 0.261 e. The Balaban J connectivity index is 1.87. The summed E-state index contributed by atoms with van der Waals surface area (Å²) < 4.78 is 0. The monoisotopic (exact) mass is 282 g/mol. The molecule has 1 atom stereocenters. The normalized spacial score (nSPS) is 18.2. The molecule has 1 aromatic rings. The van der Waals surface area contributed by atoms with E-state index in [4.69, 9.17) is 0 Å².